The Morgan fingerprint density at radius 1 is 1.26 bits per heavy atom. The van der Waals surface area contributed by atoms with Crippen LogP contribution in [0.3, 0.4) is 0 Å². The van der Waals surface area contributed by atoms with E-state index in [1.807, 2.05) is 16.8 Å². The molecule has 0 saturated carbocycles. The monoisotopic (exact) mass is 324 g/mol. The van der Waals surface area contributed by atoms with Crippen LogP contribution in [-0.2, 0) is 0 Å². The lowest BCUT2D eigenvalue weighted by atomic mass is 10.1. The van der Waals surface area contributed by atoms with Gasteiger partial charge in [0.05, 0.1) is 0 Å². The van der Waals surface area contributed by atoms with Crippen molar-refractivity contribution in [3.8, 4) is 5.88 Å². The summed E-state index contributed by atoms with van der Waals surface area (Å²) in [4.78, 5) is 11.1. The second kappa shape index (κ2) is 5.88. The third-order valence-corrected chi connectivity index (χ3v) is 3.79. The van der Waals surface area contributed by atoms with E-state index in [1.165, 1.54) is 32.4 Å². The van der Waals surface area contributed by atoms with Crippen molar-refractivity contribution in [3.05, 3.63) is 23.2 Å². The predicted molar refractivity (Wildman–Crippen MR) is 76.5 cm³/mol. The van der Waals surface area contributed by atoms with Crippen molar-refractivity contribution in [1.29, 1.82) is 0 Å². The average molecular weight is 325 g/mol. The van der Waals surface area contributed by atoms with Crippen LogP contribution in [0, 0.1) is 0 Å². The van der Waals surface area contributed by atoms with E-state index in [4.69, 9.17) is 4.74 Å². The molecule has 2 aromatic heterocycles. The maximum Gasteiger partial charge on any atom is 0.259 e. The number of fused-ring (bicyclic) bond motifs is 1. The van der Waals surface area contributed by atoms with E-state index in [0.717, 1.165) is 16.8 Å². The van der Waals surface area contributed by atoms with E-state index in [1.54, 1.807) is 6.20 Å². The first kappa shape index (κ1) is 12.9. The Labute approximate surface area is 120 Å². The molecule has 1 aliphatic heterocycles. The molecule has 0 aromatic carbocycles. The van der Waals surface area contributed by atoms with Gasteiger partial charge in [-0.3, -0.25) is 9.30 Å². The highest BCUT2D eigenvalue weighted by molar-refractivity contribution is 9.10. The molecule has 0 unspecified atom stereocenters. The largest absolute Gasteiger partial charge is 0.474 e. The van der Waals surface area contributed by atoms with Gasteiger partial charge in [-0.15, -0.1) is 0 Å². The first-order valence-electron chi connectivity index (χ1n) is 6.67. The van der Waals surface area contributed by atoms with E-state index < -0.39 is 0 Å². The summed E-state index contributed by atoms with van der Waals surface area (Å²) in [6.45, 7) is 4.00. The second-order valence-corrected chi connectivity index (χ2v) is 5.59. The first-order valence-corrected chi connectivity index (χ1v) is 7.46. The van der Waals surface area contributed by atoms with Crippen molar-refractivity contribution < 1.29 is 4.74 Å². The minimum absolute atomic E-state index is 0.594. The number of nitrogens with zero attached hydrogens (tertiary/aromatic N) is 4. The van der Waals surface area contributed by atoms with Crippen LogP contribution in [0.15, 0.2) is 23.2 Å². The molecule has 0 radical (unpaired) electrons. The average Bonchev–Trinajstić information content (AvgIpc) is 2.88. The van der Waals surface area contributed by atoms with Crippen LogP contribution in [0.25, 0.3) is 5.65 Å². The Kier molecular flexibility index (Phi) is 3.98. The number of ether oxygens (including phenoxy) is 1. The molecule has 0 bridgehead atoms. The minimum atomic E-state index is 0.594. The van der Waals surface area contributed by atoms with E-state index in [-0.39, 0.29) is 0 Å². The van der Waals surface area contributed by atoms with Gasteiger partial charge in [0.1, 0.15) is 11.2 Å². The Morgan fingerprint density at radius 3 is 2.95 bits per heavy atom. The van der Waals surface area contributed by atoms with Crippen LogP contribution in [0.1, 0.15) is 19.3 Å². The lowest BCUT2D eigenvalue weighted by Gasteiger charge is -2.26. The molecular weight excluding hydrogens is 308 g/mol. The minimum Gasteiger partial charge on any atom is -0.474 e. The molecule has 1 aliphatic rings. The van der Waals surface area contributed by atoms with Crippen LogP contribution in [0.2, 0.25) is 0 Å². The molecule has 1 fully saturated rings. The summed E-state index contributed by atoms with van der Waals surface area (Å²) in [5.74, 6) is 0.594. The van der Waals surface area contributed by atoms with E-state index in [9.17, 15) is 0 Å². The maximum atomic E-state index is 5.80. The Hall–Kier alpha value is -1.14. The zero-order valence-electron chi connectivity index (χ0n) is 10.8. The molecular formula is C13H17BrN4O. The number of imidazole rings is 1. The van der Waals surface area contributed by atoms with Gasteiger partial charge in [-0.1, -0.05) is 6.42 Å². The number of hydrogen-bond acceptors (Lipinski definition) is 4. The molecule has 0 amide bonds. The summed E-state index contributed by atoms with van der Waals surface area (Å²) >= 11 is 3.39. The molecule has 6 heteroatoms. The van der Waals surface area contributed by atoms with Crippen molar-refractivity contribution in [2.45, 2.75) is 19.3 Å². The summed E-state index contributed by atoms with van der Waals surface area (Å²) in [7, 11) is 0. The summed E-state index contributed by atoms with van der Waals surface area (Å²) in [5, 5.41) is 0. The van der Waals surface area contributed by atoms with Crippen molar-refractivity contribution in [1.82, 2.24) is 19.3 Å². The molecule has 0 aliphatic carbocycles. The van der Waals surface area contributed by atoms with Gasteiger partial charge >= 0.3 is 0 Å². The van der Waals surface area contributed by atoms with Crippen LogP contribution in [0.4, 0.5) is 0 Å². The fourth-order valence-corrected chi connectivity index (χ4v) is 2.81. The normalized spacial score (nSPS) is 16.9. The fourth-order valence-electron chi connectivity index (χ4n) is 2.42. The van der Waals surface area contributed by atoms with Gasteiger partial charge in [-0.05, 0) is 41.9 Å². The van der Waals surface area contributed by atoms with Gasteiger partial charge < -0.3 is 4.74 Å². The molecule has 3 heterocycles. The topological polar surface area (TPSA) is 42.7 Å². The van der Waals surface area contributed by atoms with Crippen molar-refractivity contribution in [2.24, 2.45) is 0 Å². The Bertz CT molecular complexity index is 551. The first-order chi connectivity index (χ1) is 9.33. The molecule has 3 rings (SSSR count). The summed E-state index contributed by atoms with van der Waals surface area (Å²) < 4.78 is 8.46. The van der Waals surface area contributed by atoms with Crippen LogP contribution in [-0.4, -0.2) is 45.5 Å². The quantitative estimate of drug-likeness (QED) is 0.865. The number of piperidine rings is 1. The molecule has 0 N–H and O–H groups in total. The number of rotatable bonds is 4. The summed E-state index contributed by atoms with van der Waals surface area (Å²) in [6, 6.07) is 0. The van der Waals surface area contributed by atoms with E-state index >= 15 is 0 Å². The highest BCUT2D eigenvalue weighted by Crippen LogP contribution is 2.19. The van der Waals surface area contributed by atoms with Gasteiger partial charge in [0, 0.05) is 25.1 Å². The van der Waals surface area contributed by atoms with Gasteiger partial charge in [0.2, 0.25) is 5.65 Å². The number of aromatic nitrogens is 3. The van der Waals surface area contributed by atoms with E-state index in [2.05, 4.69) is 30.8 Å². The zero-order valence-corrected chi connectivity index (χ0v) is 12.3. The smallest absolute Gasteiger partial charge is 0.259 e. The SMILES string of the molecule is Brc1cn2ccnc2c(OCCN2CCCCC2)n1. The number of likely N-dealkylation sites (tertiary alicyclic amines) is 1. The summed E-state index contributed by atoms with van der Waals surface area (Å²) in [6.07, 6.45) is 9.48. The third kappa shape index (κ3) is 3.06. The molecule has 0 atom stereocenters. The molecule has 102 valence electrons. The Morgan fingerprint density at radius 2 is 2.11 bits per heavy atom. The lowest BCUT2D eigenvalue weighted by molar-refractivity contribution is 0.181. The van der Waals surface area contributed by atoms with Gasteiger partial charge in [0.15, 0.2) is 0 Å². The molecule has 19 heavy (non-hydrogen) atoms. The highest BCUT2D eigenvalue weighted by atomic mass is 79.9. The van der Waals surface area contributed by atoms with Crippen LogP contribution < -0.4 is 4.74 Å². The molecule has 0 spiro atoms. The lowest BCUT2D eigenvalue weighted by Crippen LogP contribution is -2.33. The molecule has 2 aromatic rings. The number of hydrogen-bond donors (Lipinski definition) is 0. The van der Waals surface area contributed by atoms with Crippen molar-refractivity contribution in [2.75, 3.05) is 26.2 Å². The Balaban J connectivity index is 1.63. The van der Waals surface area contributed by atoms with Gasteiger partial charge in [-0.25, -0.2) is 9.97 Å². The van der Waals surface area contributed by atoms with Crippen molar-refractivity contribution in [3.63, 3.8) is 0 Å². The third-order valence-electron chi connectivity index (χ3n) is 3.41. The van der Waals surface area contributed by atoms with Gasteiger partial charge in [-0.2, -0.15) is 0 Å². The number of halogens is 1. The van der Waals surface area contributed by atoms with E-state index in [0.29, 0.717) is 12.5 Å². The molecule has 1 saturated heterocycles. The molecule has 5 nitrogen and oxygen atoms in total. The predicted octanol–water partition coefficient (Wildman–Crippen LogP) is 2.36. The summed E-state index contributed by atoms with van der Waals surface area (Å²) in [5.41, 5.74) is 0.766. The van der Waals surface area contributed by atoms with Crippen LogP contribution >= 0.6 is 15.9 Å². The highest BCUT2D eigenvalue weighted by Gasteiger charge is 2.11. The fraction of sp³-hybridized carbons (Fsp3) is 0.538. The standard InChI is InChI=1S/C13H17BrN4O/c14-11-10-18-7-4-15-12(18)13(16-11)19-9-8-17-5-2-1-3-6-17/h4,7,10H,1-3,5-6,8-9H2. The van der Waals surface area contributed by atoms with Crippen LogP contribution in [0.5, 0.6) is 5.88 Å². The second-order valence-electron chi connectivity index (χ2n) is 4.78. The van der Waals surface area contributed by atoms with Crippen molar-refractivity contribution >= 4 is 21.6 Å². The zero-order chi connectivity index (χ0) is 13.1. The van der Waals surface area contributed by atoms with Gasteiger partial charge in [0.25, 0.3) is 5.88 Å². The maximum absolute atomic E-state index is 5.80.